The Morgan fingerprint density at radius 1 is 1.43 bits per heavy atom. The third-order valence-electron chi connectivity index (χ3n) is 2.66. The van der Waals surface area contributed by atoms with Crippen LogP contribution in [0, 0.1) is 5.82 Å². The number of benzene rings is 1. The van der Waals surface area contributed by atoms with Gasteiger partial charge < -0.3 is 4.74 Å². The molecule has 21 heavy (non-hydrogen) atoms. The molecule has 1 aromatic carbocycles. The zero-order valence-electron chi connectivity index (χ0n) is 10.9. The van der Waals surface area contributed by atoms with Crippen molar-refractivity contribution in [3.05, 3.63) is 46.5 Å². The van der Waals surface area contributed by atoms with Crippen molar-refractivity contribution in [2.75, 3.05) is 7.11 Å². The van der Waals surface area contributed by atoms with Gasteiger partial charge in [0.25, 0.3) is 9.05 Å². The van der Waals surface area contributed by atoms with Crippen molar-refractivity contribution < 1.29 is 17.5 Å². The Hall–Kier alpha value is -1.15. The van der Waals surface area contributed by atoms with E-state index in [0.29, 0.717) is 5.56 Å². The maximum atomic E-state index is 13.2. The van der Waals surface area contributed by atoms with Gasteiger partial charge in [0.15, 0.2) is 0 Å². The highest BCUT2D eigenvalue weighted by molar-refractivity contribution is 8.13. The average Bonchev–Trinajstić information content (AvgIpc) is 2.66. The topological polar surface area (TPSA) is 61.2 Å². The molecular weight excluding hydrogens is 342 g/mol. The van der Waals surface area contributed by atoms with E-state index in [-0.39, 0.29) is 28.9 Å². The lowest BCUT2D eigenvalue weighted by Crippen LogP contribution is -2.03. The van der Waals surface area contributed by atoms with Gasteiger partial charge in [0, 0.05) is 17.8 Å². The number of aromatic nitrogens is 2. The second kappa shape index (κ2) is 6.31. The molecule has 9 heteroatoms. The predicted octanol–water partition coefficient (Wildman–Crippen LogP) is 2.80. The van der Waals surface area contributed by atoms with Crippen LogP contribution in [0.2, 0.25) is 5.15 Å². The van der Waals surface area contributed by atoms with Gasteiger partial charge in [0.05, 0.1) is 13.2 Å². The molecule has 0 unspecified atom stereocenters. The number of ether oxygens (including phenoxy) is 1. The van der Waals surface area contributed by atoms with Crippen molar-refractivity contribution in [2.45, 2.75) is 18.0 Å². The third-order valence-corrected chi connectivity index (χ3v) is 4.54. The minimum Gasteiger partial charge on any atom is -0.378 e. The van der Waals surface area contributed by atoms with Gasteiger partial charge in [-0.3, -0.25) is 0 Å². The molecule has 2 rings (SSSR count). The number of nitrogens with zero attached hydrogens (tertiary/aromatic N) is 2. The Morgan fingerprint density at radius 2 is 2.14 bits per heavy atom. The maximum absolute atomic E-state index is 13.2. The van der Waals surface area contributed by atoms with Gasteiger partial charge in [0.1, 0.15) is 21.6 Å². The molecule has 0 spiro atoms. The van der Waals surface area contributed by atoms with Crippen LogP contribution < -0.4 is 0 Å². The lowest BCUT2D eigenvalue weighted by molar-refractivity contribution is 0.178. The van der Waals surface area contributed by atoms with Gasteiger partial charge in [0.2, 0.25) is 0 Å². The molecule has 114 valence electrons. The van der Waals surface area contributed by atoms with Crippen molar-refractivity contribution in [1.82, 2.24) is 9.78 Å². The first-order valence-corrected chi connectivity index (χ1v) is 8.45. The van der Waals surface area contributed by atoms with E-state index in [2.05, 4.69) is 5.10 Å². The molecule has 0 amide bonds. The fraction of sp³-hybridized carbons (Fsp3) is 0.250. The molecule has 0 atom stereocenters. The van der Waals surface area contributed by atoms with Gasteiger partial charge in [-0.2, -0.15) is 5.10 Å². The lowest BCUT2D eigenvalue weighted by atomic mass is 10.2. The second-order valence-electron chi connectivity index (χ2n) is 4.23. The molecular formula is C12H11Cl2FN2O3S. The first-order chi connectivity index (χ1) is 9.82. The van der Waals surface area contributed by atoms with Crippen LogP contribution in [-0.2, 0) is 26.9 Å². The van der Waals surface area contributed by atoms with Crippen LogP contribution in [0.15, 0.2) is 29.2 Å². The number of hydrogen-bond acceptors (Lipinski definition) is 4. The van der Waals surface area contributed by atoms with Crippen LogP contribution in [0.4, 0.5) is 4.39 Å². The van der Waals surface area contributed by atoms with Crippen LogP contribution >= 0.6 is 22.3 Å². The minimum absolute atomic E-state index is 0.0584. The normalized spacial score (nSPS) is 11.8. The van der Waals surface area contributed by atoms with Gasteiger partial charge in [-0.05, 0) is 17.7 Å². The molecule has 0 saturated heterocycles. The van der Waals surface area contributed by atoms with Crippen molar-refractivity contribution in [2.24, 2.45) is 0 Å². The molecule has 5 nitrogen and oxygen atoms in total. The molecule has 0 aliphatic rings. The molecule has 0 radical (unpaired) electrons. The summed E-state index contributed by atoms with van der Waals surface area (Å²) in [6.45, 7) is 0.0525. The zero-order chi connectivity index (χ0) is 15.6. The monoisotopic (exact) mass is 352 g/mol. The predicted molar refractivity (Wildman–Crippen MR) is 76.5 cm³/mol. The fourth-order valence-corrected chi connectivity index (χ4v) is 3.66. The summed E-state index contributed by atoms with van der Waals surface area (Å²) in [7, 11) is 2.70. The Kier molecular flexibility index (Phi) is 4.88. The number of halogens is 3. The van der Waals surface area contributed by atoms with E-state index in [0.717, 1.165) is 0 Å². The molecule has 0 aliphatic carbocycles. The molecule has 1 heterocycles. The fourth-order valence-electron chi connectivity index (χ4n) is 1.86. The first kappa shape index (κ1) is 16.2. The summed E-state index contributed by atoms with van der Waals surface area (Å²) in [5.74, 6) is -0.405. The van der Waals surface area contributed by atoms with E-state index >= 15 is 0 Å². The Morgan fingerprint density at radius 3 is 2.71 bits per heavy atom. The summed E-state index contributed by atoms with van der Waals surface area (Å²) in [5, 5.41) is 3.93. The van der Waals surface area contributed by atoms with E-state index in [1.807, 2.05) is 0 Å². The molecule has 0 bridgehead atoms. The van der Waals surface area contributed by atoms with Crippen LogP contribution in [0.5, 0.6) is 0 Å². The molecule has 0 saturated carbocycles. The Bertz CT molecular complexity index is 762. The zero-order valence-corrected chi connectivity index (χ0v) is 13.2. The van der Waals surface area contributed by atoms with Crippen LogP contribution in [0.3, 0.4) is 0 Å². The van der Waals surface area contributed by atoms with E-state index in [1.165, 1.54) is 30.0 Å². The molecule has 0 fully saturated rings. The summed E-state index contributed by atoms with van der Waals surface area (Å²) in [4.78, 5) is -0.288. The number of rotatable bonds is 5. The van der Waals surface area contributed by atoms with Crippen molar-refractivity contribution in [3.8, 4) is 0 Å². The lowest BCUT2D eigenvalue weighted by Gasteiger charge is -2.03. The van der Waals surface area contributed by atoms with Gasteiger partial charge in [-0.1, -0.05) is 23.7 Å². The summed E-state index contributed by atoms with van der Waals surface area (Å²) in [5.41, 5.74) is 0.691. The maximum Gasteiger partial charge on any atom is 0.266 e. The quantitative estimate of drug-likeness (QED) is 0.776. The van der Waals surface area contributed by atoms with Gasteiger partial charge in [-0.25, -0.2) is 17.5 Å². The summed E-state index contributed by atoms with van der Waals surface area (Å²) in [6.07, 6.45) is 0. The summed E-state index contributed by atoms with van der Waals surface area (Å²) < 4.78 is 42.4. The molecule has 1 aromatic heterocycles. The third kappa shape index (κ3) is 3.74. The van der Waals surface area contributed by atoms with E-state index in [4.69, 9.17) is 27.0 Å². The number of hydrogen-bond donors (Lipinski definition) is 0. The molecule has 0 N–H and O–H groups in total. The summed E-state index contributed by atoms with van der Waals surface area (Å²) >= 11 is 6.03. The highest BCUT2D eigenvalue weighted by Gasteiger charge is 2.26. The SMILES string of the molecule is COCc1nn(Cc2cccc(F)c2)c(Cl)c1S(=O)(=O)Cl. The van der Waals surface area contributed by atoms with E-state index in [1.54, 1.807) is 6.07 Å². The summed E-state index contributed by atoms with van der Waals surface area (Å²) in [6, 6.07) is 5.82. The number of methoxy groups -OCH3 is 1. The van der Waals surface area contributed by atoms with E-state index < -0.39 is 14.9 Å². The second-order valence-corrected chi connectivity index (χ2v) is 7.09. The Labute approximate surface area is 130 Å². The average molecular weight is 353 g/mol. The van der Waals surface area contributed by atoms with Crippen molar-refractivity contribution >= 4 is 31.3 Å². The van der Waals surface area contributed by atoms with Gasteiger partial charge >= 0.3 is 0 Å². The van der Waals surface area contributed by atoms with E-state index in [9.17, 15) is 12.8 Å². The van der Waals surface area contributed by atoms with Crippen molar-refractivity contribution in [1.29, 1.82) is 0 Å². The van der Waals surface area contributed by atoms with Crippen LogP contribution in [0.25, 0.3) is 0 Å². The minimum atomic E-state index is -4.06. The smallest absolute Gasteiger partial charge is 0.266 e. The largest absolute Gasteiger partial charge is 0.378 e. The van der Waals surface area contributed by atoms with Crippen molar-refractivity contribution in [3.63, 3.8) is 0 Å². The van der Waals surface area contributed by atoms with Gasteiger partial charge in [-0.15, -0.1) is 0 Å². The highest BCUT2D eigenvalue weighted by atomic mass is 35.7. The first-order valence-electron chi connectivity index (χ1n) is 5.76. The Balaban J connectivity index is 2.46. The molecule has 0 aliphatic heterocycles. The van der Waals surface area contributed by atoms with Crippen LogP contribution in [-0.4, -0.2) is 25.3 Å². The highest BCUT2D eigenvalue weighted by Crippen LogP contribution is 2.29. The van der Waals surface area contributed by atoms with Crippen LogP contribution in [0.1, 0.15) is 11.3 Å². The standard InChI is InChI=1S/C12H11Cl2FN2O3S/c1-20-7-10-11(21(14,18)19)12(13)17(16-10)6-8-3-2-4-9(15)5-8/h2-5H,6-7H2,1H3. The molecule has 2 aromatic rings.